The molecule has 0 aliphatic carbocycles. The molecular formula is C23H28N4O5S2. The molecule has 4 rings (SSSR count). The first-order chi connectivity index (χ1) is 16.1. The quantitative estimate of drug-likeness (QED) is 0.493. The number of hydrogen-bond donors (Lipinski definition) is 2. The summed E-state index contributed by atoms with van der Waals surface area (Å²) in [6.45, 7) is 7.37. The molecule has 11 heteroatoms. The van der Waals surface area contributed by atoms with E-state index in [0.29, 0.717) is 29.4 Å². The number of carbonyl (C=O) groups is 2. The third-order valence-corrected chi connectivity index (χ3v) is 8.90. The molecule has 1 aromatic carbocycles. The summed E-state index contributed by atoms with van der Waals surface area (Å²) in [4.78, 5) is 32.8. The van der Waals surface area contributed by atoms with Crippen LogP contribution >= 0.6 is 11.3 Å². The first-order valence-corrected chi connectivity index (χ1v) is 13.4. The number of nitrogens with zero attached hydrogens (tertiary/aromatic N) is 2. The SMILES string of the molecule is CCOC(=O)c1c(C)[nH]c(C)c1S(=O)(=O)N1CCCC(C(=O)Nc2nc3ccc(C)cc3s2)C1. The number of anilines is 1. The van der Waals surface area contributed by atoms with Crippen LogP contribution in [0.1, 0.15) is 47.1 Å². The number of rotatable bonds is 6. The molecule has 3 aromatic rings. The molecule has 1 atom stereocenters. The number of hydrogen-bond acceptors (Lipinski definition) is 7. The third kappa shape index (κ3) is 4.59. The van der Waals surface area contributed by atoms with E-state index in [1.54, 1.807) is 20.8 Å². The van der Waals surface area contributed by atoms with Gasteiger partial charge in [0.05, 0.1) is 22.7 Å². The molecule has 1 aliphatic rings. The van der Waals surface area contributed by atoms with Crippen LogP contribution in [0, 0.1) is 26.7 Å². The average Bonchev–Trinajstić information content (AvgIpc) is 3.32. The predicted octanol–water partition coefficient (Wildman–Crippen LogP) is 3.77. The van der Waals surface area contributed by atoms with Crippen molar-refractivity contribution in [2.45, 2.75) is 45.4 Å². The number of aromatic amines is 1. The van der Waals surface area contributed by atoms with Crippen molar-refractivity contribution >= 4 is 48.6 Å². The minimum atomic E-state index is -4.02. The van der Waals surface area contributed by atoms with Gasteiger partial charge in [-0.25, -0.2) is 18.2 Å². The van der Waals surface area contributed by atoms with Crippen LogP contribution in [0.4, 0.5) is 5.13 Å². The molecule has 0 spiro atoms. The molecule has 0 saturated carbocycles. The number of benzene rings is 1. The standard InChI is InChI=1S/C23H28N4O5S2/c1-5-32-22(29)19-14(3)24-15(4)20(19)34(30,31)27-10-6-7-16(12-27)21(28)26-23-25-17-9-8-13(2)11-18(17)33-23/h8-9,11,16,24H,5-7,10,12H2,1-4H3,(H,25,26,28). The second kappa shape index (κ2) is 9.47. The third-order valence-electron chi connectivity index (χ3n) is 5.92. The smallest absolute Gasteiger partial charge is 0.341 e. The van der Waals surface area contributed by atoms with Gasteiger partial charge in [0.2, 0.25) is 15.9 Å². The molecular weight excluding hydrogens is 476 g/mol. The maximum absolute atomic E-state index is 13.6. The zero-order valence-electron chi connectivity index (χ0n) is 19.6. The molecule has 1 saturated heterocycles. The molecule has 1 amide bonds. The number of thiazole rings is 1. The Labute approximate surface area is 202 Å². The first kappa shape index (κ1) is 24.4. The number of aromatic nitrogens is 2. The van der Waals surface area contributed by atoms with E-state index in [0.717, 1.165) is 15.8 Å². The van der Waals surface area contributed by atoms with Gasteiger partial charge in [-0.15, -0.1) is 0 Å². The summed E-state index contributed by atoms with van der Waals surface area (Å²) in [5.41, 5.74) is 2.75. The van der Waals surface area contributed by atoms with Gasteiger partial charge in [0.15, 0.2) is 5.13 Å². The van der Waals surface area contributed by atoms with Crippen LogP contribution in [0.25, 0.3) is 10.2 Å². The summed E-state index contributed by atoms with van der Waals surface area (Å²) in [6.07, 6.45) is 1.10. The average molecular weight is 505 g/mol. The maximum Gasteiger partial charge on any atom is 0.341 e. The number of piperidine rings is 1. The van der Waals surface area contributed by atoms with Gasteiger partial charge in [-0.3, -0.25) is 4.79 Å². The highest BCUT2D eigenvalue weighted by Crippen LogP contribution is 2.32. The van der Waals surface area contributed by atoms with Crippen LogP contribution in [0.2, 0.25) is 0 Å². The molecule has 3 heterocycles. The molecule has 9 nitrogen and oxygen atoms in total. The van der Waals surface area contributed by atoms with E-state index in [1.165, 1.54) is 15.6 Å². The number of ether oxygens (including phenoxy) is 1. The Morgan fingerprint density at radius 1 is 1.26 bits per heavy atom. The molecule has 2 N–H and O–H groups in total. The van der Waals surface area contributed by atoms with Gasteiger partial charge in [0.1, 0.15) is 10.5 Å². The number of amides is 1. The Morgan fingerprint density at radius 2 is 2.03 bits per heavy atom. The summed E-state index contributed by atoms with van der Waals surface area (Å²) >= 11 is 1.39. The van der Waals surface area contributed by atoms with E-state index in [9.17, 15) is 18.0 Å². The Hall–Kier alpha value is -2.76. The molecule has 2 aromatic heterocycles. The molecule has 1 fully saturated rings. The first-order valence-electron chi connectivity index (χ1n) is 11.2. The van der Waals surface area contributed by atoms with Crippen molar-refractivity contribution < 1.29 is 22.7 Å². The van der Waals surface area contributed by atoms with Crippen molar-refractivity contribution in [2.24, 2.45) is 5.92 Å². The van der Waals surface area contributed by atoms with E-state index in [2.05, 4.69) is 15.3 Å². The highest BCUT2D eigenvalue weighted by Gasteiger charge is 2.38. The van der Waals surface area contributed by atoms with Gasteiger partial charge in [-0.05, 0) is 58.2 Å². The van der Waals surface area contributed by atoms with E-state index in [1.807, 2.05) is 25.1 Å². The Kier molecular flexibility index (Phi) is 6.79. The lowest BCUT2D eigenvalue weighted by atomic mass is 9.99. The number of nitrogens with one attached hydrogen (secondary N) is 2. The highest BCUT2D eigenvalue weighted by atomic mass is 32.2. The lowest BCUT2D eigenvalue weighted by molar-refractivity contribution is -0.120. The second-order valence-electron chi connectivity index (χ2n) is 8.48. The molecule has 182 valence electrons. The lowest BCUT2D eigenvalue weighted by Crippen LogP contribution is -2.44. The molecule has 1 unspecified atom stereocenters. The van der Waals surface area contributed by atoms with Crippen LogP contribution in [0.15, 0.2) is 23.1 Å². The highest BCUT2D eigenvalue weighted by molar-refractivity contribution is 7.89. The molecule has 34 heavy (non-hydrogen) atoms. The van der Waals surface area contributed by atoms with E-state index < -0.39 is 21.9 Å². The fraction of sp³-hybridized carbons (Fsp3) is 0.435. The Morgan fingerprint density at radius 3 is 2.76 bits per heavy atom. The van der Waals surface area contributed by atoms with Crippen LogP contribution in [0.3, 0.4) is 0 Å². The van der Waals surface area contributed by atoms with Crippen molar-refractivity contribution in [3.05, 3.63) is 40.7 Å². The number of H-pyrrole nitrogens is 1. The van der Waals surface area contributed by atoms with Gasteiger partial charge in [0, 0.05) is 24.5 Å². The fourth-order valence-electron chi connectivity index (χ4n) is 4.33. The number of carbonyl (C=O) groups excluding carboxylic acids is 2. The van der Waals surface area contributed by atoms with Crippen molar-refractivity contribution in [3.63, 3.8) is 0 Å². The molecule has 1 aliphatic heterocycles. The largest absolute Gasteiger partial charge is 0.462 e. The van der Waals surface area contributed by atoms with Crippen LogP contribution in [-0.4, -0.2) is 54.3 Å². The van der Waals surface area contributed by atoms with Gasteiger partial charge < -0.3 is 15.0 Å². The van der Waals surface area contributed by atoms with Gasteiger partial charge in [-0.1, -0.05) is 17.4 Å². The van der Waals surface area contributed by atoms with Gasteiger partial charge in [-0.2, -0.15) is 4.31 Å². The predicted molar refractivity (Wildman–Crippen MR) is 131 cm³/mol. The molecule has 0 radical (unpaired) electrons. The van der Waals surface area contributed by atoms with Crippen molar-refractivity contribution in [1.82, 2.24) is 14.3 Å². The Balaban J connectivity index is 1.55. The summed E-state index contributed by atoms with van der Waals surface area (Å²) in [6, 6.07) is 5.89. The summed E-state index contributed by atoms with van der Waals surface area (Å²) in [7, 11) is -4.02. The summed E-state index contributed by atoms with van der Waals surface area (Å²) in [5, 5.41) is 3.35. The molecule has 0 bridgehead atoms. The maximum atomic E-state index is 13.6. The van der Waals surface area contributed by atoms with Crippen molar-refractivity contribution in [1.29, 1.82) is 0 Å². The topological polar surface area (TPSA) is 121 Å². The lowest BCUT2D eigenvalue weighted by Gasteiger charge is -2.31. The van der Waals surface area contributed by atoms with E-state index in [-0.39, 0.29) is 36.1 Å². The number of fused-ring (bicyclic) bond motifs is 1. The zero-order valence-corrected chi connectivity index (χ0v) is 21.2. The summed E-state index contributed by atoms with van der Waals surface area (Å²) < 4.78 is 34.5. The van der Waals surface area contributed by atoms with Crippen molar-refractivity contribution in [2.75, 3.05) is 25.0 Å². The van der Waals surface area contributed by atoms with E-state index >= 15 is 0 Å². The second-order valence-corrected chi connectivity index (χ2v) is 11.4. The van der Waals surface area contributed by atoms with E-state index in [4.69, 9.17) is 4.74 Å². The van der Waals surface area contributed by atoms with Crippen LogP contribution in [-0.2, 0) is 19.6 Å². The Bertz CT molecular complexity index is 1360. The van der Waals surface area contributed by atoms with Crippen molar-refractivity contribution in [3.8, 4) is 0 Å². The fourth-order valence-corrected chi connectivity index (χ4v) is 7.23. The monoisotopic (exact) mass is 504 g/mol. The number of sulfonamides is 1. The van der Waals surface area contributed by atoms with Crippen LogP contribution < -0.4 is 5.32 Å². The van der Waals surface area contributed by atoms with Gasteiger partial charge >= 0.3 is 5.97 Å². The van der Waals surface area contributed by atoms with Gasteiger partial charge in [0.25, 0.3) is 0 Å². The normalized spacial score (nSPS) is 17.1. The van der Waals surface area contributed by atoms with Crippen LogP contribution in [0.5, 0.6) is 0 Å². The minimum Gasteiger partial charge on any atom is -0.462 e. The number of aryl methyl sites for hydroxylation is 3. The number of esters is 1. The zero-order chi connectivity index (χ0) is 24.6. The summed E-state index contributed by atoms with van der Waals surface area (Å²) in [5.74, 6) is -1.47. The minimum absolute atomic E-state index is 0.0238.